The molecule has 0 aliphatic carbocycles. The van der Waals surface area contributed by atoms with Gasteiger partial charge in [0, 0.05) is 0 Å². The maximum Gasteiger partial charge on any atom is 0.489 e. The van der Waals surface area contributed by atoms with Crippen molar-refractivity contribution in [3.63, 3.8) is 0 Å². The van der Waals surface area contributed by atoms with Crippen molar-refractivity contribution in [1.82, 2.24) is 0 Å². The van der Waals surface area contributed by atoms with E-state index in [-0.39, 0.29) is 0 Å². The lowest BCUT2D eigenvalue weighted by atomic mass is 9.75. The average Bonchev–Trinajstić information content (AvgIpc) is 2.58. The van der Waals surface area contributed by atoms with Crippen LogP contribution in [-0.2, 0) is 0 Å². The number of hydrogen-bond acceptors (Lipinski definition) is 4. The van der Waals surface area contributed by atoms with Gasteiger partial charge in [0.15, 0.2) is 0 Å². The van der Waals surface area contributed by atoms with Crippen molar-refractivity contribution in [2.45, 2.75) is 0 Å². The van der Waals surface area contributed by atoms with Gasteiger partial charge in [0.2, 0.25) is 0 Å². The molecule has 24 heavy (non-hydrogen) atoms. The Labute approximate surface area is 138 Å². The summed E-state index contributed by atoms with van der Waals surface area (Å²) in [4.78, 5) is 0. The van der Waals surface area contributed by atoms with Gasteiger partial charge < -0.3 is 20.1 Å². The Kier molecular flexibility index (Phi) is 3.55. The first kappa shape index (κ1) is 15.2. The molecule has 0 atom stereocenters. The predicted molar refractivity (Wildman–Crippen MR) is 98.6 cm³/mol. The largest absolute Gasteiger partial charge is 0.489 e. The van der Waals surface area contributed by atoms with Crippen molar-refractivity contribution < 1.29 is 20.1 Å². The van der Waals surface area contributed by atoms with Crippen molar-refractivity contribution in [2.75, 3.05) is 0 Å². The molecular formula is C18H14B2O4. The molecule has 4 aromatic rings. The van der Waals surface area contributed by atoms with E-state index in [1.54, 1.807) is 24.3 Å². The molecule has 0 aliphatic rings. The van der Waals surface area contributed by atoms with Gasteiger partial charge in [0.05, 0.1) is 0 Å². The number of benzene rings is 4. The van der Waals surface area contributed by atoms with Crippen LogP contribution in [-0.4, -0.2) is 34.3 Å². The molecule has 0 unspecified atom stereocenters. The van der Waals surface area contributed by atoms with Gasteiger partial charge in [-0.1, -0.05) is 48.5 Å². The van der Waals surface area contributed by atoms with Crippen LogP contribution in [0.1, 0.15) is 0 Å². The standard InChI is InChI=1S/C18H14B2O4/c21-19(22)17-6-2-4-13-14(17)8-7-12-10-16-11(9-15(12)13)3-1-5-18(16)20(23)24/h1-10,21-24H. The third-order valence-corrected chi connectivity index (χ3v) is 4.50. The molecule has 0 aromatic heterocycles. The Bertz CT molecular complexity index is 1060. The van der Waals surface area contributed by atoms with Crippen LogP contribution in [0.25, 0.3) is 32.3 Å². The second kappa shape index (κ2) is 5.61. The van der Waals surface area contributed by atoms with E-state index < -0.39 is 14.2 Å². The fourth-order valence-electron chi connectivity index (χ4n) is 3.36. The molecule has 4 N–H and O–H groups in total. The second-order valence-electron chi connectivity index (χ2n) is 5.90. The first-order chi connectivity index (χ1) is 11.6. The molecule has 0 radical (unpaired) electrons. The third kappa shape index (κ3) is 2.28. The highest BCUT2D eigenvalue weighted by Crippen LogP contribution is 2.28. The molecule has 116 valence electrons. The summed E-state index contributed by atoms with van der Waals surface area (Å²) in [5.41, 5.74) is 0.933. The van der Waals surface area contributed by atoms with Crippen LogP contribution in [0.4, 0.5) is 0 Å². The molecule has 4 nitrogen and oxygen atoms in total. The lowest BCUT2D eigenvalue weighted by Crippen LogP contribution is -2.30. The highest BCUT2D eigenvalue weighted by molar-refractivity contribution is 6.62. The zero-order valence-electron chi connectivity index (χ0n) is 12.7. The molecule has 0 saturated heterocycles. The predicted octanol–water partition coefficient (Wildman–Crippen LogP) is 0.506. The normalized spacial score (nSPS) is 11.3. The summed E-state index contributed by atoms with van der Waals surface area (Å²) in [7, 11) is -3.05. The molecule has 0 fully saturated rings. The van der Waals surface area contributed by atoms with E-state index in [2.05, 4.69) is 0 Å². The molecule has 6 heteroatoms. The second-order valence-corrected chi connectivity index (χ2v) is 5.90. The van der Waals surface area contributed by atoms with E-state index in [4.69, 9.17) is 0 Å². The first-order valence-corrected chi connectivity index (χ1v) is 7.66. The zero-order valence-corrected chi connectivity index (χ0v) is 12.7. The number of fused-ring (bicyclic) bond motifs is 4. The van der Waals surface area contributed by atoms with Gasteiger partial charge in [-0.2, -0.15) is 0 Å². The monoisotopic (exact) mass is 316 g/mol. The van der Waals surface area contributed by atoms with Crippen molar-refractivity contribution in [3.05, 3.63) is 60.7 Å². The van der Waals surface area contributed by atoms with Gasteiger partial charge >= 0.3 is 14.2 Å². The molecule has 0 amide bonds. The molecule has 0 saturated carbocycles. The van der Waals surface area contributed by atoms with Crippen LogP contribution in [0.2, 0.25) is 0 Å². The van der Waals surface area contributed by atoms with Gasteiger partial charge in [0.1, 0.15) is 0 Å². The molecule has 0 spiro atoms. The van der Waals surface area contributed by atoms with Crippen LogP contribution < -0.4 is 10.9 Å². The minimum absolute atomic E-state index is 0.467. The van der Waals surface area contributed by atoms with E-state index in [1.807, 2.05) is 36.4 Å². The third-order valence-electron chi connectivity index (χ3n) is 4.50. The summed E-state index contributed by atoms with van der Waals surface area (Å²) in [6.07, 6.45) is 0. The topological polar surface area (TPSA) is 80.9 Å². The summed E-state index contributed by atoms with van der Waals surface area (Å²) in [5.74, 6) is 0. The van der Waals surface area contributed by atoms with Gasteiger partial charge in [-0.05, 0) is 55.4 Å². The summed E-state index contributed by atoms with van der Waals surface area (Å²) >= 11 is 0. The van der Waals surface area contributed by atoms with Crippen LogP contribution in [0.15, 0.2) is 60.7 Å². The Morgan fingerprint density at radius 2 is 1.08 bits per heavy atom. The fraction of sp³-hybridized carbons (Fsp3) is 0. The molecule has 0 heterocycles. The minimum Gasteiger partial charge on any atom is -0.423 e. The van der Waals surface area contributed by atoms with Gasteiger partial charge in [-0.3, -0.25) is 0 Å². The number of rotatable bonds is 2. The summed E-state index contributed by atoms with van der Waals surface area (Å²) in [6.45, 7) is 0. The molecule has 0 bridgehead atoms. The van der Waals surface area contributed by atoms with Gasteiger partial charge in [0.25, 0.3) is 0 Å². The van der Waals surface area contributed by atoms with E-state index in [9.17, 15) is 20.1 Å². The lowest BCUT2D eigenvalue weighted by molar-refractivity contribution is 0.425. The Balaban J connectivity index is 2.12. The van der Waals surface area contributed by atoms with Crippen molar-refractivity contribution >= 4 is 57.5 Å². The number of hydrogen-bond donors (Lipinski definition) is 4. The molecular weight excluding hydrogens is 302 g/mol. The van der Waals surface area contributed by atoms with Crippen LogP contribution in [0.5, 0.6) is 0 Å². The summed E-state index contributed by atoms with van der Waals surface area (Å²) < 4.78 is 0. The van der Waals surface area contributed by atoms with Crippen molar-refractivity contribution in [1.29, 1.82) is 0 Å². The van der Waals surface area contributed by atoms with E-state index in [1.165, 1.54) is 0 Å². The quantitative estimate of drug-likeness (QED) is 0.247. The molecule has 4 aromatic carbocycles. The fourth-order valence-corrected chi connectivity index (χ4v) is 3.36. The van der Waals surface area contributed by atoms with Crippen LogP contribution in [0, 0.1) is 0 Å². The highest BCUT2D eigenvalue weighted by atomic mass is 16.4. The Morgan fingerprint density at radius 1 is 0.500 bits per heavy atom. The van der Waals surface area contributed by atoms with Crippen molar-refractivity contribution in [2.24, 2.45) is 0 Å². The Morgan fingerprint density at radius 3 is 1.79 bits per heavy atom. The van der Waals surface area contributed by atoms with E-state index >= 15 is 0 Å². The Hall–Kier alpha value is -2.37. The molecule has 4 rings (SSSR count). The van der Waals surface area contributed by atoms with Gasteiger partial charge in [-0.25, -0.2) is 0 Å². The van der Waals surface area contributed by atoms with Crippen molar-refractivity contribution in [3.8, 4) is 0 Å². The highest BCUT2D eigenvalue weighted by Gasteiger charge is 2.17. The maximum atomic E-state index is 9.56. The zero-order chi connectivity index (χ0) is 16.8. The average molecular weight is 316 g/mol. The minimum atomic E-state index is -1.53. The van der Waals surface area contributed by atoms with E-state index in [0.717, 1.165) is 32.3 Å². The van der Waals surface area contributed by atoms with E-state index in [0.29, 0.717) is 10.9 Å². The summed E-state index contributed by atoms with van der Waals surface area (Å²) in [5, 5.41) is 43.6. The smallest absolute Gasteiger partial charge is 0.423 e. The van der Waals surface area contributed by atoms with Crippen LogP contribution in [0.3, 0.4) is 0 Å². The van der Waals surface area contributed by atoms with Crippen LogP contribution >= 0.6 is 0 Å². The molecule has 0 aliphatic heterocycles. The summed E-state index contributed by atoms with van der Waals surface area (Å²) in [6, 6.07) is 18.5. The first-order valence-electron chi connectivity index (χ1n) is 7.66. The SMILES string of the molecule is OB(O)c1cccc2cc3c(ccc4c(B(O)O)cccc43)cc12. The maximum absolute atomic E-state index is 9.56. The van der Waals surface area contributed by atoms with Gasteiger partial charge in [-0.15, -0.1) is 0 Å². The lowest BCUT2D eigenvalue weighted by Gasteiger charge is -2.11.